The highest BCUT2D eigenvalue weighted by Crippen LogP contribution is 2.33. The normalized spacial score (nSPS) is 12.3. The molecular weight excluding hydrogens is 274 g/mol. The van der Waals surface area contributed by atoms with Crippen molar-refractivity contribution in [1.29, 1.82) is 0 Å². The molecule has 1 aromatic heterocycles. The van der Waals surface area contributed by atoms with Gasteiger partial charge in [-0.3, -0.25) is 4.79 Å². The standard InChI is InChI=1S/C18H19N3O/c1-3-15(18-10-19-11-20-18)16-6-4-5-13-7-8-14(9-17(13)16)21-12(2)22/h4-11,15H,3H2,1-2H3,(H,19,20)(H,21,22). The van der Waals surface area contributed by atoms with Crippen LogP contribution in [0.4, 0.5) is 5.69 Å². The maximum atomic E-state index is 11.3. The van der Waals surface area contributed by atoms with E-state index in [0.717, 1.165) is 23.2 Å². The first-order valence-corrected chi connectivity index (χ1v) is 7.48. The molecule has 1 heterocycles. The lowest BCUT2D eigenvalue weighted by Crippen LogP contribution is -2.06. The van der Waals surface area contributed by atoms with Crippen molar-refractivity contribution in [3.8, 4) is 0 Å². The molecule has 1 unspecified atom stereocenters. The van der Waals surface area contributed by atoms with Crippen molar-refractivity contribution in [2.24, 2.45) is 0 Å². The summed E-state index contributed by atoms with van der Waals surface area (Å²) in [6.45, 7) is 3.69. The molecule has 0 aliphatic rings. The SMILES string of the molecule is CCC(c1c[nH]cn1)c1cccc2ccc(NC(C)=O)cc12. The van der Waals surface area contributed by atoms with Crippen molar-refractivity contribution in [2.75, 3.05) is 5.32 Å². The van der Waals surface area contributed by atoms with Gasteiger partial charge >= 0.3 is 0 Å². The van der Waals surface area contributed by atoms with Gasteiger partial charge in [-0.05, 0) is 34.9 Å². The summed E-state index contributed by atoms with van der Waals surface area (Å²) in [5.74, 6) is 0.179. The number of benzene rings is 2. The quantitative estimate of drug-likeness (QED) is 0.762. The Morgan fingerprint density at radius 2 is 2.18 bits per heavy atom. The lowest BCUT2D eigenvalue weighted by Gasteiger charge is -2.16. The predicted molar refractivity (Wildman–Crippen MR) is 89.0 cm³/mol. The maximum absolute atomic E-state index is 11.3. The molecule has 0 fully saturated rings. The summed E-state index contributed by atoms with van der Waals surface area (Å²) in [5, 5.41) is 5.18. The van der Waals surface area contributed by atoms with Crippen LogP contribution in [0.3, 0.4) is 0 Å². The van der Waals surface area contributed by atoms with Gasteiger partial charge in [0.05, 0.1) is 12.0 Å². The van der Waals surface area contributed by atoms with Crippen LogP contribution < -0.4 is 5.32 Å². The van der Waals surface area contributed by atoms with Crippen LogP contribution in [0.1, 0.15) is 37.4 Å². The number of rotatable bonds is 4. The van der Waals surface area contributed by atoms with E-state index in [1.807, 2.05) is 24.4 Å². The first-order valence-electron chi connectivity index (χ1n) is 7.48. The molecule has 112 valence electrons. The molecule has 2 N–H and O–H groups in total. The number of nitrogens with zero attached hydrogens (tertiary/aromatic N) is 1. The third kappa shape index (κ3) is 2.72. The average Bonchev–Trinajstić information content (AvgIpc) is 3.02. The fourth-order valence-corrected chi connectivity index (χ4v) is 2.93. The van der Waals surface area contributed by atoms with Gasteiger partial charge in [-0.25, -0.2) is 4.98 Å². The minimum absolute atomic E-state index is 0.0591. The van der Waals surface area contributed by atoms with Crippen LogP contribution in [-0.4, -0.2) is 15.9 Å². The molecule has 4 heteroatoms. The van der Waals surface area contributed by atoms with Crippen LogP contribution in [0.5, 0.6) is 0 Å². The molecule has 2 aromatic carbocycles. The van der Waals surface area contributed by atoms with Gasteiger partial charge in [-0.2, -0.15) is 0 Å². The van der Waals surface area contributed by atoms with Crippen LogP contribution in [0.2, 0.25) is 0 Å². The number of amides is 1. The third-order valence-electron chi connectivity index (χ3n) is 3.90. The average molecular weight is 293 g/mol. The van der Waals surface area contributed by atoms with Gasteiger partial charge in [0.15, 0.2) is 0 Å². The Balaban J connectivity index is 2.13. The Kier molecular flexibility index (Phi) is 3.92. The van der Waals surface area contributed by atoms with Gasteiger partial charge in [0.1, 0.15) is 0 Å². The number of H-pyrrole nitrogens is 1. The van der Waals surface area contributed by atoms with E-state index >= 15 is 0 Å². The summed E-state index contributed by atoms with van der Waals surface area (Å²) in [5.41, 5.74) is 3.10. The Bertz CT molecular complexity index is 793. The summed E-state index contributed by atoms with van der Waals surface area (Å²) in [4.78, 5) is 18.7. The number of aromatic nitrogens is 2. The second-order valence-corrected chi connectivity index (χ2v) is 5.42. The van der Waals surface area contributed by atoms with E-state index < -0.39 is 0 Å². The molecule has 0 aliphatic heterocycles. The highest BCUT2D eigenvalue weighted by molar-refractivity contribution is 5.94. The number of carbonyl (C=O) groups excluding carboxylic acids is 1. The Hall–Kier alpha value is -2.62. The zero-order chi connectivity index (χ0) is 15.5. The largest absolute Gasteiger partial charge is 0.351 e. The number of nitrogens with one attached hydrogen (secondary N) is 2. The van der Waals surface area contributed by atoms with Crippen molar-refractivity contribution in [2.45, 2.75) is 26.2 Å². The second kappa shape index (κ2) is 6.02. The minimum Gasteiger partial charge on any atom is -0.351 e. The van der Waals surface area contributed by atoms with Gasteiger partial charge in [0, 0.05) is 24.7 Å². The smallest absolute Gasteiger partial charge is 0.221 e. The molecule has 3 aromatic rings. The number of hydrogen-bond acceptors (Lipinski definition) is 2. The van der Waals surface area contributed by atoms with E-state index in [9.17, 15) is 4.79 Å². The van der Waals surface area contributed by atoms with Crippen molar-refractivity contribution in [3.05, 3.63) is 60.2 Å². The first kappa shape index (κ1) is 14.3. The zero-order valence-corrected chi connectivity index (χ0v) is 12.8. The molecule has 3 rings (SSSR count). The number of hydrogen-bond donors (Lipinski definition) is 2. The van der Waals surface area contributed by atoms with E-state index in [4.69, 9.17) is 0 Å². The molecule has 1 atom stereocenters. The molecule has 0 spiro atoms. The third-order valence-corrected chi connectivity index (χ3v) is 3.90. The summed E-state index contributed by atoms with van der Waals surface area (Å²) in [7, 11) is 0. The topological polar surface area (TPSA) is 57.8 Å². The van der Waals surface area contributed by atoms with Gasteiger partial charge in [-0.1, -0.05) is 31.2 Å². The fraction of sp³-hybridized carbons (Fsp3) is 0.222. The van der Waals surface area contributed by atoms with Crippen LogP contribution in [0.15, 0.2) is 48.9 Å². The number of fused-ring (bicyclic) bond motifs is 1. The van der Waals surface area contributed by atoms with E-state index in [1.54, 1.807) is 6.33 Å². The number of anilines is 1. The minimum atomic E-state index is -0.0591. The molecular formula is C18H19N3O. The molecule has 22 heavy (non-hydrogen) atoms. The Morgan fingerprint density at radius 3 is 2.86 bits per heavy atom. The molecule has 0 saturated heterocycles. The lowest BCUT2D eigenvalue weighted by atomic mass is 9.89. The van der Waals surface area contributed by atoms with Crippen LogP contribution in [0.25, 0.3) is 10.8 Å². The van der Waals surface area contributed by atoms with E-state index in [1.165, 1.54) is 17.9 Å². The highest BCUT2D eigenvalue weighted by atomic mass is 16.1. The number of carbonyl (C=O) groups is 1. The summed E-state index contributed by atoms with van der Waals surface area (Å²) in [6, 6.07) is 12.3. The summed E-state index contributed by atoms with van der Waals surface area (Å²) < 4.78 is 0. The zero-order valence-electron chi connectivity index (χ0n) is 12.8. The monoisotopic (exact) mass is 293 g/mol. The van der Waals surface area contributed by atoms with Gasteiger partial charge < -0.3 is 10.3 Å². The summed E-state index contributed by atoms with van der Waals surface area (Å²) >= 11 is 0. The molecule has 0 aliphatic carbocycles. The molecule has 0 bridgehead atoms. The number of imidazole rings is 1. The van der Waals surface area contributed by atoms with Crippen LogP contribution in [-0.2, 0) is 4.79 Å². The van der Waals surface area contributed by atoms with Crippen LogP contribution >= 0.6 is 0 Å². The molecule has 4 nitrogen and oxygen atoms in total. The predicted octanol–water partition coefficient (Wildman–Crippen LogP) is 4.06. The Morgan fingerprint density at radius 1 is 1.32 bits per heavy atom. The Labute approximate surface area is 129 Å². The van der Waals surface area contributed by atoms with E-state index in [0.29, 0.717) is 0 Å². The highest BCUT2D eigenvalue weighted by Gasteiger charge is 2.16. The van der Waals surface area contributed by atoms with Gasteiger partial charge in [0.25, 0.3) is 0 Å². The molecule has 0 saturated carbocycles. The van der Waals surface area contributed by atoms with Gasteiger partial charge in [-0.15, -0.1) is 0 Å². The second-order valence-electron chi connectivity index (χ2n) is 5.42. The van der Waals surface area contributed by atoms with Gasteiger partial charge in [0.2, 0.25) is 5.91 Å². The molecule has 0 radical (unpaired) electrons. The molecule has 1 amide bonds. The fourth-order valence-electron chi connectivity index (χ4n) is 2.93. The van der Waals surface area contributed by atoms with E-state index in [2.05, 4.69) is 40.4 Å². The van der Waals surface area contributed by atoms with Crippen molar-refractivity contribution in [3.63, 3.8) is 0 Å². The lowest BCUT2D eigenvalue weighted by molar-refractivity contribution is -0.114. The number of aromatic amines is 1. The van der Waals surface area contributed by atoms with Crippen LogP contribution in [0, 0.1) is 0 Å². The van der Waals surface area contributed by atoms with Crippen molar-refractivity contribution >= 4 is 22.4 Å². The maximum Gasteiger partial charge on any atom is 0.221 e. The summed E-state index contributed by atoms with van der Waals surface area (Å²) in [6.07, 6.45) is 4.63. The van der Waals surface area contributed by atoms with Crippen molar-refractivity contribution < 1.29 is 4.79 Å². The van der Waals surface area contributed by atoms with Crippen molar-refractivity contribution in [1.82, 2.24) is 9.97 Å². The van der Waals surface area contributed by atoms with E-state index in [-0.39, 0.29) is 11.8 Å². The first-order chi connectivity index (χ1) is 10.7.